The van der Waals surface area contributed by atoms with Crippen LogP contribution in [0.25, 0.3) is 254 Å². The number of rotatable bonds is 16. The van der Waals surface area contributed by atoms with E-state index in [0.29, 0.717) is 34.9 Å². The Morgan fingerprint density at radius 2 is 0.400 bits per heavy atom. The Hall–Kier alpha value is -18.5. The third-order valence-electron chi connectivity index (χ3n) is 26.0. The number of benzene rings is 21. The predicted molar refractivity (Wildman–Crippen MR) is 581 cm³/mol. The predicted octanol–water partition coefficient (Wildman–Crippen LogP) is 34.6. The lowest BCUT2D eigenvalue weighted by atomic mass is 9.91. The zero-order valence-corrected chi connectivity index (χ0v) is 76.7. The number of thiophene rings is 1. The first-order valence-corrected chi connectivity index (χ1v) is 47.8. The van der Waals surface area contributed by atoms with Crippen LogP contribution in [0.1, 0.15) is 0 Å². The lowest BCUT2D eigenvalue weighted by Gasteiger charge is -2.13. The maximum absolute atomic E-state index is 6.11. The molecular formula is C130H84N8OS. The van der Waals surface area contributed by atoms with Crippen molar-refractivity contribution in [1.82, 2.24) is 39.9 Å². The lowest BCUT2D eigenvalue weighted by Crippen LogP contribution is -2.00. The van der Waals surface area contributed by atoms with Crippen molar-refractivity contribution in [1.29, 1.82) is 0 Å². The van der Waals surface area contributed by atoms with Crippen LogP contribution in [0.2, 0.25) is 0 Å². The van der Waals surface area contributed by atoms with Crippen molar-refractivity contribution in [2.75, 3.05) is 0 Å². The number of nitrogens with zero attached hydrogens (tertiary/aromatic N) is 8. The van der Waals surface area contributed by atoms with Crippen molar-refractivity contribution in [3.05, 3.63) is 510 Å². The first-order chi connectivity index (χ1) is 69.3. The summed E-state index contributed by atoms with van der Waals surface area (Å²) in [6, 6.07) is 176. The first-order valence-electron chi connectivity index (χ1n) is 46.9. The van der Waals surface area contributed by atoms with Crippen LogP contribution in [0.4, 0.5) is 0 Å². The van der Waals surface area contributed by atoms with Gasteiger partial charge in [-0.3, -0.25) is 0 Å². The average molecular weight is 1810 g/mol. The molecule has 0 spiro atoms. The van der Waals surface area contributed by atoms with Gasteiger partial charge in [-0.15, -0.1) is 11.3 Å². The van der Waals surface area contributed by atoms with Gasteiger partial charge in [0.2, 0.25) is 0 Å². The van der Waals surface area contributed by atoms with Gasteiger partial charge in [0, 0.05) is 81.6 Å². The normalized spacial score (nSPS) is 11.3. The SMILES string of the molecule is c1ccc(-c2cccc(-c3cc(-c4ccccc4)cc(-c4ccc(-c5nc(-c6ccccc6)nc(-c6ccc7oc8ccccc8c7c6)n5)cc4)c3)c2)cc1.c1ccc(-c2ccnc(-c3ccc(-c4cccc(-c5ccc6sc7ccccc7c6c5)c4)cc3)n2)cc1.c1ccc(-c2nc(-c3ccccc3)nc(-c3ccc(-c4cccc(-c5ccc6c7ccccc7c7ccccc7c6c5)c4)cc3)n2)cc1. The minimum Gasteiger partial charge on any atom is -0.456 e. The van der Waals surface area contributed by atoms with E-state index in [-0.39, 0.29) is 0 Å². The van der Waals surface area contributed by atoms with Crippen LogP contribution in [0.5, 0.6) is 0 Å². The molecule has 0 bridgehead atoms. The second-order valence-electron chi connectivity index (χ2n) is 34.8. The highest BCUT2D eigenvalue weighted by Gasteiger charge is 2.21. The molecule has 10 heteroatoms. The van der Waals surface area contributed by atoms with Crippen molar-refractivity contribution in [3.8, 4) is 180 Å². The molecule has 0 aliphatic heterocycles. The molecule has 26 aromatic rings. The monoisotopic (exact) mass is 1800 g/mol. The van der Waals surface area contributed by atoms with E-state index in [1.165, 1.54) is 114 Å². The van der Waals surface area contributed by atoms with E-state index < -0.39 is 0 Å². The second-order valence-corrected chi connectivity index (χ2v) is 35.9. The van der Waals surface area contributed by atoms with E-state index in [2.05, 4.69) is 363 Å². The maximum Gasteiger partial charge on any atom is 0.164 e. The zero-order chi connectivity index (χ0) is 93.0. The van der Waals surface area contributed by atoms with Crippen molar-refractivity contribution in [2.45, 2.75) is 0 Å². The van der Waals surface area contributed by atoms with Gasteiger partial charge in [-0.25, -0.2) is 39.9 Å². The smallest absolute Gasteiger partial charge is 0.164 e. The molecule has 140 heavy (non-hydrogen) atoms. The molecule has 0 atom stereocenters. The van der Waals surface area contributed by atoms with Crippen molar-refractivity contribution in [2.24, 2.45) is 0 Å². The van der Waals surface area contributed by atoms with Gasteiger partial charge < -0.3 is 4.42 Å². The number of aromatic nitrogens is 8. The molecule has 5 heterocycles. The molecule has 0 saturated heterocycles. The molecule has 21 aromatic carbocycles. The highest BCUT2D eigenvalue weighted by Crippen LogP contribution is 2.44. The van der Waals surface area contributed by atoms with Gasteiger partial charge in [0.05, 0.1) is 5.69 Å². The minimum atomic E-state index is 0.609. The van der Waals surface area contributed by atoms with E-state index in [4.69, 9.17) is 39.3 Å². The minimum absolute atomic E-state index is 0.609. The summed E-state index contributed by atoms with van der Waals surface area (Å²) in [7, 11) is 0. The maximum atomic E-state index is 6.11. The Bertz CT molecular complexity index is 8990. The van der Waals surface area contributed by atoms with E-state index in [1.807, 2.05) is 163 Å². The summed E-state index contributed by atoms with van der Waals surface area (Å²) in [6.07, 6.45) is 1.83. The van der Waals surface area contributed by atoms with Gasteiger partial charge in [-0.1, -0.05) is 413 Å². The van der Waals surface area contributed by atoms with E-state index in [0.717, 1.165) is 106 Å². The van der Waals surface area contributed by atoms with Crippen LogP contribution in [0.3, 0.4) is 0 Å². The molecule has 0 saturated carbocycles. The summed E-state index contributed by atoms with van der Waals surface area (Å²) in [4.78, 5) is 39.0. The van der Waals surface area contributed by atoms with Crippen molar-refractivity contribution in [3.63, 3.8) is 0 Å². The summed E-state index contributed by atoms with van der Waals surface area (Å²) >= 11 is 1.85. The van der Waals surface area contributed by atoms with Gasteiger partial charge in [0.15, 0.2) is 40.8 Å². The van der Waals surface area contributed by atoms with E-state index in [9.17, 15) is 0 Å². The number of hydrogen-bond donors (Lipinski definition) is 0. The summed E-state index contributed by atoms with van der Waals surface area (Å²) in [5.74, 6) is 4.55. The van der Waals surface area contributed by atoms with Crippen LogP contribution >= 0.6 is 11.3 Å². The first kappa shape index (κ1) is 84.5. The topological polar surface area (TPSA) is 116 Å². The second kappa shape index (κ2) is 37.8. The molecule has 656 valence electrons. The molecule has 26 rings (SSSR count). The van der Waals surface area contributed by atoms with Crippen molar-refractivity contribution >= 4 is 85.8 Å². The molecule has 0 N–H and O–H groups in total. The fraction of sp³-hybridized carbons (Fsp3) is 0. The molecule has 0 aliphatic carbocycles. The lowest BCUT2D eigenvalue weighted by molar-refractivity contribution is 0.669. The van der Waals surface area contributed by atoms with Crippen LogP contribution in [-0.2, 0) is 0 Å². The Kier molecular flexibility index (Phi) is 22.8. The summed E-state index contributed by atoms with van der Waals surface area (Å²) in [6.45, 7) is 0. The highest BCUT2D eigenvalue weighted by atomic mass is 32.1. The van der Waals surface area contributed by atoms with Gasteiger partial charge in [0.1, 0.15) is 11.2 Å². The third-order valence-corrected chi connectivity index (χ3v) is 27.2. The van der Waals surface area contributed by atoms with E-state index >= 15 is 0 Å². The quantitative estimate of drug-likeness (QED) is 0.0872. The molecule has 0 fully saturated rings. The zero-order valence-electron chi connectivity index (χ0n) is 75.9. The molecule has 0 unspecified atom stereocenters. The standard InChI is InChI=1S/C51H33N3O.C45H29N3.C34H22N2S/c1-4-13-34(14-5-1)39-19-12-20-40(29-39)44-31-42(35-15-6-2-7-16-35)30-43(32-44)36-23-25-38(26-24-36)50-52-49(37-17-8-3-9-18-37)53-51(54-50)41-27-28-48-46(33-41)45-21-10-11-22-47(45)55-48;1-3-12-31(13-4-1)43-46-44(32-14-5-2-6-15-32)48-45(47-43)33-24-22-30(23-25-33)34-16-11-17-35(28-34)36-26-27-41-39-20-8-7-18-37(39)38-19-9-10-21-40(38)42(41)29-36;1-2-7-24(8-3-1)31-19-20-35-34(36-31)25-15-13-23(14-16-25)26-9-6-10-27(21-26)28-17-18-33-30(22-28)29-11-4-5-12-32(29)37-33/h1-33H;1-29H;1-22H. The van der Waals surface area contributed by atoms with Gasteiger partial charge >= 0.3 is 0 Å². The fourth-order valence-electron chi connectivity index (χ4n) is 18.9. The molecule has 0 aliphatic rings. The Morgan fingerprint density at radius 3 is 0.871 bits per heavy atom. The number of furan rings is 1. The number of para-hydroxylation sites is 1. The largest absolute Gasteiger partial charge is 0.456 e. The molecule has 0 amide bonds. The molecule has 5 aromatic heterocycles. The Morgan fingerprint density at radius 1 is 0.136 bits per heavy atom. The van der Waals surface area contributed by atoms with E-state index in [1.54, 1.807) is 0 Å². The van der Waals surface area contributed by atoms with Gasteiger partial charge in [0.25, 0.3) is 0 Å². The van der Waals surface area contributed by atoms with Crippen LogP contribution < -0.4 is 0 Å². The third kappa shape index (κ3) is 17.4. The average Bonchev–Trinajstić information content (AvgIpc) is 1.00. The summed E-state index contributed by atoms with van der Waals surface area (Å²) in [5, 5.41) is 12.5. The Labute approximate surface area is 813 Å². The molecular weight excluding hydrogens is 1720 g/mol. The fourth-order valence-corrected chi connectivity index (χ4v) is 20.0. The Balaban J connectivity index is 0.000000116. The van der Waals surface area contributed by atoms with Gasteiger partial charge in [-0.2, -0.15) is 0 Å². The molecule has 0 radical (unpaired) electrons. The van der Waals surface area contributed by atoms with Crippen LogP contribution in [0, 0.1) is 0 Å². The number of fused-ring (bicyclic) bond motifs is 12. The molecule has 9 nitrogen and oxygen atoms in total. The summed E-state index contributed by atoms with van der Waals surface area (Å²) < 4.78 is 8.78. The number of hydrogen-bond acceptors (Lipinski definition) is 10. The van der Waals surface area contributed by atoms with Gasteiger partial charge in [-0.05, 0) is 212 Å². The summed E-state index contributed by atoms with van der Waals surface area (Å²) in [5.41, 5.74) is 29.2. The van der Waals surface area contributed by atoms with Crippen LogP contribution in [-0.4, -0.2) is 39.9 Å². The van der Waals surface area contributed by atoms with Crippen LogP contribution in [0.15, 0.2) is 514 Å². The van der Waals surface area contributed by atoms with Crippen molar-refractivity contribution < 1.29 is 4.42 Å². The highest BCUT2D eigenvalue weighted by molar-refractivity contribution is 7.25.